The van der Waals surface area contributed by atoms with Gasteiger partial charge in [0.25, 0.3) is 0 Å². The summed E-state index contributed by atoms with van der Waals surface area (Å²) < 4.78 is 1.77. The standard InChI is InChI=1S/C5H6IN3/c1-4-8-5(7)2-3-9(4)6/h2-3H,1H2,(H2,7,8). The van der Waals surface area contributed by atoms with E-state index >= 15 is 0 Å². The molecule has 1 rings (SSSR count). The molecule has 1 aliphatic rings. The summed E-state index contributed by atoms with van der Waals surface area (Å²) in [6.07, 6.45) is 3.53. The number of hydrogen-bond donors (Lipinski definition) is 1. The molecule has 1 aliphatic heterocycles. The molecule has 48 valence electrons. The largest absolute Gasteiger partial charge is 0.384 e. The van der Waals surface area contributed by atoms with Crippen LogP contribution < -0.4 is 5.73 Å². The van der Waals surface area contributed by atoms with Gasteiger partial charge in [-0.2, -0.15) is 0 Å². The summed E-state index contributed by atoms with van der Waals surface area (Å²) in [4.78, 5) is 3.90. The van der Waals surface area contributed by atoms with Crippen LogP contribution in [0.2, 0.25) is 0 Å². The van der Waals surface area contributed by atoms with Gasteiger partial charge in [0.15, 0.2) is 0 Å². The zero-order valence-corrected chi connectivity index (χ0v) is 6.87. The van der Waals surface area contributed by atoms with E-state index in [4.69, 9.17) is 5.73 Å². The van der Waals surface area contributed by atoms with Crippen molar-refractivity contribution in [3.8, 4) is 0 Å². The fourth-order valence-corrected chi connectivity index (χ4v) is 0.731. The van der Waals surface area contributed by atoms with Crippen LogP contribution in [0, 0.1) is 0 Å². The van der Waals surface area contributed by atoms with E-state index < -0.39 is 0 Å². The lowest BCUT2D eigenvalue weighted by atomic mass is 10.5. The number of amidine groups is 1. The molecule has 0 amide bonds. The molecule has 9 heavy (non-hydrogen) atoms. The first-order chi connectivity index (χ1) is 4.20. The van der Waals surface area contributed by atoms with E-state index in [0.29, 0.717) is 11.7 Å². The third kappa shape index (κ3) is 1.44. The van der Waals surface area contributed by atoms with Gasteiger partial charge in [0.1, 0.15) is 11.7 Å². The zero-order valence-electron chi connectivity index (χ0n) is 4.71. The summed E-state index contributed by atoms with van der Waals surface area (Å²) in [6, 6.07) is 0. The maximum absolute atomic E-state index is 5.36. The maximum Gasteiger partial charge on any atom is 0.136 e. The minimum absolute atomic E-state index is 0.507. The SMILES string of the molecule is C=C1N=C(N)C=CN1I. The number of rotatable bonds is 0. The van der Waals surface area contributed by atoms with Gasteiger partial charge in [-0.25, -0.2) is 4.99 Å². The van der Waals surface area contributed by atoms with Gasteiger partial charge >= 0.3 is 0 Å². The minimum atomic E-state index is 0.507. The van der Waals surface area contributed by atoms with Crippen LogP contribution in [0.15, 0.2) is 29.7 Å². The van der Waals surface area contributed by atoms with Gasteiger partial charge in [-0.1, -0.05) is 6.58 Å². The molecule has 0 aromatic heterocycles. The van der Waals surface area contributed by atoms with Gasteiger partial charge < -0.3 is 5.73 Å². The highest BCUT2D eigenvalue weighted by molar-refractivity contribution is 14.1. The molecule has 0 aliphatic carbocycles. The van der Waals surface area contributed by atoms with Gasteiger partial charge in [0.2, 0.25) is 0 Å². The van der Waals surface area contributed by atoms with Crippen LogP contribution >= 0.6 is 22.9 Å². The fraction of sp³-hybridized carbons (Fsp3) is 0. The van der Waals surface area contributed by atoms with Gasteiger partial charge in [-0.05, 0) is 6.08 Å². The lowest BCUT2D eigenvalue weighted by molar-refractivity contribution is 0.804. The van der Waals surface area contributed by atoms with E-state index in [1.54, 1.807) is 9.19 Å². The van der Waals surface area contributed by atoms with Crippen molar-refractivity contribution in [1.29, 1.82) is 0 Å². The average Bonchev–Trinajstić information content (AvgIpc) is 1.80. The summed E-state index contributed by atoms with van der Waals surface area (Å²) in [5.74, 6) is 1.17. The topological polar surface area (TPSA) is 41.6 Å². The molecule has 0 fully saturated rings. The highest BCUT2D eigenvalue weighted by Gasteiger charge is 2.02. The van der Waals surface area contributed by atoms with Crippen molar-refractivity contribution in [2.45, 2.75) is 0 Å². The minimum Gasteiger partial charge on any atom is -0.384 e. The maximum atomic E-state index is 5.36. The molecule has 4 heteroatoms. The molecule has 0 spiro atoms. The fourth-order valence-electron chi connectivity index (χ4n) is 0.462. The summed E-state index contributed by atoms with van der Waals surface area (Å²) >= 11 is 2.08. The second-order valence-electron chi connectivity index (χ2n) is 1.58. The van der Waals surface area contributed by atoms with Crippen LogP contribution in [0.25, 0.3) is 0 Å². The van der Waals surface area contributed by atoms with Crippen LogP contribution in [-0.4, -0.2) is 8.95 Å². The summed E-state index contributed by atoms with van der Waals surface area (Å²) in [6.45, 7) is 3.65. The average molecular weight is 235 g/mol. The Morgan fingerprint density at radius 3 is 2.89 bits per heavy atom. The van der Waals surface area contributed by atoms with Gasteiger partial charge in [0, 0.05) is 6.20 Å². The Balaban J connectivity index is 2.82. The Bertz CT molecular complexity index is 194. The van der Waals surface area contributed by atoms with E-state index in [9.17, 15) is 0 Å². The highest BCUT2D eigenvalue weighted by atomic mass is 127. The molecule has 0 aromatic rings. The molecule has 0 atom stereocenters. The summed E-state index contributed by atoms with van der Waals surface area (Å²) in [5.41, 5.74) is 5.36. The first kappa shape index (κ1) is 6.60. The third-order valence-corrected chi connectivity index (χ3v) is 1.76. The molecule has 1 heterocycles. The van der Waals surface area contributed by atoms with Crippen LogP contribution in [0.1, 0.15) is 0 Å². The molecule has 0 bridgehead atoms. The Kier molecular flexibility index (Phi) is 1.75. The molecule has 0 saturated heterocycles. The number of aliphatic imine (C=N–C) groups is 1. The molecule has 3 nitrogen and oxygen atoms in total. The Morgan fingerprint density at radius 1 is 1.78 bits per heavy atom. The van der Waals surface area contributed by atoms with E-state index in [2.05, 4.69) is 34.4 Å². The second-order valence-corrected chi connectivity index (χ2v) is 2.62. The zero-order chi connectivity index (χ0) is 6.85. The third-order valence-electron chi connectivity index (χ3n) is 0.881. The molecular formula is C5H6IN3. The first-order valence-electron chi connectivity index (χ1n) is 2.36. The predicted molar refractivity (Wildman–Crippen MR) is 45.8 cm³/mol. The van der Waals surface area contributed by atoms with Gasteiger partial charge in [-0.15, -0.1) is 0 Å². The van der Waals surface area contributed by atoms with Crippen molar-refractivity contribution in [3.63, 3.8) is 0 Å². The first-order valence-corrected chi connectivity index (χ1v) is 3.33. The number of nitrogens with two attached hydrogens (primary N) is 1. The molecule has 0 saturated carbocycles. The van der Waals surface area contributed by atoms with Crippen molar-refractivity contribution in [2.75, 3.05) is 0 Å². The van der Waals surface area contributed by atoms with Crippen LogP contribution in [-0.2, 0) is 0 Å². The van der Waals surface area contributed by atoms with Gasteiger partial charge in [0.05, 0.1) is 22.9 Å². The lowest BCUT2D eigenvalue weighted by Crippen LogP contribution is -2.15. The van der Waals surface area contributed by atoms with Crippen molar-refractivity contribution < 1.29 is 0 Å². The Labute approximate surface area is 67.4 Å². The molecular weight excluding hydrogens is 229 g/mol. The molecule has 2 N–H and O–H groups in total. The van der Waals surface area contributed by atoms with Crippen molar-refractivity contribution in [1.82, 2.24) is 3.11 Å². The summed E-state index contributed by atoms with van der Waals surface area (Å²) in [7, 11) is 0. The molecule has 0 aromatic carbocycles. The number of halogens is 1. The van der Waals surface area contributed by atoms with Crippen molar-refractivity contribution in [3.05, 3.63) is 24.7 Å². The lowest BCUT2D eigenvalue weighted by Gasteiger charge is -2.13. The van der Waals surface area contributed by atoms with E-state index in [1.807, 2.05) is 6.20 Å². The normalized spacial score (nSPS) is 18.1. The molecule has 0 radical (unpaired) electrons. The number of hydrogen-bond acceptors (Lipinski definition) is 3. The Hall–Kier alpha value is -0.520. The second kappa shape index (κ2) is 2.38. The van der Waals surface area contributed by atoms with E-state index in [1.165, 1.54) is 0 Å². The van der Waals surface area contributed by atoms with Crippen LogP contribution in [0.5, 0.6) is 0 Å². The smallest absolute Gasteiger partial charge is 0.136 e. The predicted octanol–water partition coefficient (Wildman–Crippen LogP) is 0.994. The van der Waals surface area contributed by atoms with Crippen molar-refractivity contribution in [2.24, 2.45) is 10.7 Å². The van der Waals surface area contributed by atoms with Crippen LogP contribution in [0.3, 0.4) is 0 Å². The van der Waals surface area contributed by atoms with Crippen LogP contribution in [0.4, 0.5) is 0 Å². The highest BCUT2D eigenvalue weighted by Crippen LogP contribution is 2.13. The van der Waals surface area contributed by atoms with Crippen molar-refractivity contribution >= 4 is 28.7 Å². The summed E-state index contributed by atoms with van der Waals surface area (Å²) in [5, 5.41) is 0. The number of nitrogens with zero attached hydrogens (tertiary/aromatic N) is 2. The van der Waals surface area contributed by atoms with E-state index in [-0.39, 0.29) is 0 Å². The van der Waals surface area contributed by atoms with E-state index in [0.717, 1.165) is 0 Å². The van der Waals surface area contributed by atoms with Gasteiger partial charge in [-0.3, -0.25) is 3.11 Å². The monoisotopic (exact) mass is 235 g/mol. The Morgan fingerprint density at radius 2 is 2.44 bits per heavy atom. The quantitative estimate of drug-likeness (QED) is 0.502. The molecule has 0 unspecified atom stereocenters.